The number of ether oxygens (including phenoxy) is 1. The second-order valence-corrected chi connectivity index (χ2v) is 9.23. The van der Waals surface area contributed by atoms with Crippen molar-refractivity contribution in [3.05, 3.63) is 93.5 Å². The Balaban J connectivity index is 1.93. The van der Waals surface area contributed by atoms with Gasteiger partial charge in [0.2, 0.25) is 0 Å². The van der Waals surface area contributed by atoms with E-state index in [4.69, 9.17) is 4.74 Å². The lowest BCUT2D eigenvalue weighted by atomic mass is 9.94. The molecule has 6 nitrogen and oxygen atoms in total. The third kappa shape index (κ3) is 4.83. The molecule has 1 amide bonds. The number of methoxy groups -OCH3 is 1. The lowest BCUT2D eigenvalue weighted by Crippen LogP contribution is -2.30. The second kappa shape index (κ2) is 10.7. The molecule has 0 bridgehead atoms. The number of hydrogen-bond acceptors (Lipinski definition) is 5. The van der Waals surface area contributed by atoms with Crippen LogP contribution in [0, 0.1) is 11.6 Å². The molecule has 1 saturated heterocycles. The topological polar surface area (TPSA) is 70.1 Å². The number of aliphatic hydroxyl groups excluding tert-OH is 1. The van der Waals surface area contributed by atoms with E-state index in [1.54, 1.807) is 24.3 Å². The molecule has 1 unspecified atom stereocenters. The lowest BCUT2D eigenvalue weighted by Gasteiger charge is -2.27. The van der Waals surface area contributed by atoms with Crippen molar-refractivity contribution in [3.8, 4) is 5.75 Å². The van der Waals surface area contributed by atoms with E-state index < -0.39 is 40.8 Å². The molecule has 1 atom stereocenters. The average Bonchev–Trinajstić information content (AvgIpc) is 3.16. The van der Waals surface area contributed by atoms with Crippen LogP contribution in [0.5, 0.6) is 5.75 Å². The molecule has 1 heterocycles. The van der Waals surface area contributed by atoms with Crippen LogP contribution < -0.4 is 14.5 Å². The number of carbonyl (C=O) groups is 2. The highest BCUT2D eigenvalue weighted by Crippen LogP contribution is 2.44. The highest BCUT2D eigenvalue weighted by Gasteiger charge is 2.48. The molecule has 1 fully saturated rings. The van der Waals surface area contributed by atoms with Crippen LogP contribution in [0.2, 0.25) is 0 Å². The fourth-order valence-corrected chi connectivity index (χ4v) is 5.03. The van der Waals surface area contributed by atoms with Gasteiger partial charge < -0.3 is 14.7 Å². The van der Waals surface area contributed by atoms with Gasteiger partial charge in [-0.3, -0.25) is 14.5 Å². The van der Waals surface area contributed by atoms with Gasteiger partial charge in [-0.15, -0.1) is 0 Å². The standard InChI is InChI=1S/C28H25BrF2N2O4/c1-4-32(5-2)19-10-6-16(7-11-19)25-24(26(34)17-8-13-23(37-3)20(29)14-17)27(35)28(36)33(25)22-15-18(30)9-12-21(22)31/h6-15,25,34H,4-5H2,1-3H3/b26-24+. The fraction of sp³-hybridized carbons (Fsp3) is 0.214. The number of nitrogens with zero attached hydrogens (tertiary/aromatic N) is 2. The summed E-state index contributed by atoms with van der Waals surface area (Å²) in [6.07, 6.45) is 0. The van der Waals surface area contributed by atoms with Gasteiger partial charge in [0, 0.05) is 30.4 Å². The number of rotatable bonds is 7. The van der Waals surface area contributed by atoms with Crippen molar-refractivity contribution in [2.45, 2.75) is 19.9 Å². The van der Waals surface area contributed by atoms with Crippen LogP contribution in [0.3, 0.4) is 0 Å². The normalized spacial score (nSPS) is 16.8. The van der Waals surface area contributed by atoms with Crippen LogP contribution in [0.15, 0.2) is 70.7 Å². The van der Waals surface area contributed by atoms with Gasteiger partial charge in [0.1, 0.15) is 23.1 Å². The number of benzene rings is 3. The quantitative estimate of drug-likeness (QED) is 0.208. The van der Waals surface area contributed by atoms with Crippen molar-refractivity contribution < 1.29 is 28.2 Å². The van der Waals surface area contributed by atoms with Gasteiger partial charge in [0.05, 0.1) is 28.9 Å². The van der Waals surface area contributed by atoms with Crippen LogP contribution in [0.4, 0.5) is 20.2 Å². The first-order chi connectivity index (χ1) is 17.7. The molecular weight excluding hydrogens is 546 g/mol. The van der Waals surface area contributed by atoms with Crippen LogP contribution >= 0.6 is 15.9 Å². The summed E-state index contributed by atoms with van der Waals surface area (Å²) in [7, 11) is 1.49. The molecule has 0 saturated carbocycles. The van der Waals surface area contributed by atoms with Crippen molar-refractivity contribution in [1.82, 2.24) is 0 Å². The maximum atomic E-state index is 14.9. The van der Waals surface area contributed by atoms with Gasteiger partial charge in [-0.05, 0) is 77.8 Å². The molecule has 37 heavy (non-hydrogen) atoms. The van der Waals surface area contributed by atoms with E-state index in [2.05, 4.69) is 20.8 Å². The monoisotopic (exact) mass is 570 g/mol. The molecule has 0 aromatic heterocycles. The van der Waals surface area contributed by atoms with Gasteiger partial charge in [0.25, 0.3) is 11.7 Å². The Morgan fingerprint density at radius 1 is 1.03 bits per heavy atom. The highest BCUT2D eigenvalue weighted by atomic mass is 79.9. The van der Waals surface area contributed by atoms with E-state index in [0.717, 1.165) is 41.9 Å². The minimum Gasteiger partial charge on any atom is -0.507 e. The summed E-state index contributed by atoms with van der Waals surface area (Å²) in [5, 5.41) is 11.3. The summed E-state index contributed by atoms with van der Waals surface area (Å²) in [6.45, 7) is 5.59. The molecule has 4 rings (SSSR count). The molecule has 9 heteroatoms. The van der Waals surface area contributed by atoms with Gasteiger partial charge in [-0.25, -0.2) is 8.78 Å². The Labute approximate surface area is 221 Å². The van der Waals surface area contributed by atoms with E-state index >= 15 is 0 Å². The van der Waals surface area contributed by atoms with Crippen LogP contribution in [0.1, 0.15) is 31.0 Å². The van der Waals surface area contributed by atoms with E-state index in [-0.39, 0.29) is 11.1 Å². The van der Waals surface area contributed by atoms with Crippen molar-refractivity contribution in [2.75, 3.05) is 30.0 Å². The summed E-state index contributed by atoms with van der Waals surface area (Å²) < 4.78 is 34.8. The van der Waals surface area contributed by atoms with Gasteiger partial charge in [-0.2, -0.15) is 0 Å². The van der Waals surface area contributed by atoms with Crippen LogP contribution in [0.25, 0.3) is 5.76 Å². The smallest absolute Gasteiger partial charge is 0.300 e. The predicted octanol–water partition coefficient (Wildman–Crippen LogP) is 6.21. The zero-order valence-corrected chi connectivity index (χ0v) is 22.1. The minimum absolute atomic E-state index is 0.235. The first-order valence-electron chi connectivity index (χ1n) is 11.7. The Kier molecular flexibility index (Phi) is 7.63. The van der Waals surface area contributed by atoms with Crippen molar-refractivity contribution in [3.63, 3.8) is 0 Å². The maximum Gasteiger partial charge on any atom is 0.300 e. The Bertz CT molecular complexity index is 1390. The van der Waals surface area contributed by atoms with Crippen molar-refractivity contribution >= 4 is 44.8 Å². The summed E-state index contributed by atoms with van der Waals surface area (Å²) in [4.78, 5) is 29.5. The van der Waals surface area contributed by atoms with Gasteiger partial charge >= 0.3 is 0 Å². The Morgan fingerprint density at radius 3 is 2.30 bits per heavy atom. The number of hydrogen-bond donors (Lipinski definition) is 1. The molecule has 3 aromatic carbocycles. The summed E-state index contributed by atoms with van der Waals surface area (Å²) in [5.74, 6) is -3.67. The number of ketones is 1. The third-order valence-corrected chi connectivity index (χ3v) is 6.99. The Hall–Kier alpha value is -3.72. The third-order valence-electron chi connectivity index (χ3n) is 6.37. The SMILES string of the molecule is CCN(CC)c1ccc(C2/C(=C(\O)c3ccc(OC)c(Br)c3)C(=O)C(=O)N2c2cc(F)ccc2F)cc1. The molecule has 1 aliphatic rings. The number of aliphatic hydroxyl groups is 1. The number of Topliss-reactive ketones (excluding diaryl/α,β-unsaturated/α-hetero) is 1. The summed E-state index contributed by atoms with van der Waals surface area (Å²) in [6, 6.07) is 13.3. The van der Waals surface area contributed by atoms with E-state index in [0.29, 0.717) is 15.8 Å². The molecule has 192 valence electrons. The molecule has 0 spiro atoms. The molecule has 3 aromatic rings. The Morgan fingerprint density at radius 2 is 1.70 bits per heavy atom. The first-order valence-corrected chi connectivity index (χ1v) is 12.5. The van der Waals surface area contributed by atoms with Gasteiger partial charge in [-0.1, -0.05) is 12.1 Å². The predicted molar refractivity (Wildman–Crippen MR) is 142 cm³/mol. The fourth-order valence-electron chi connectivity index (χ4n) is 4.49. The van der Waals surface area contributed by atoms with Gasteiger partial charge in [0.15, 0.2) is 0 Å². The molecule has 1 aliphatic heterocycles. The number of amides is 1. The van der Waals surface area contributed by atoms with E-state index in [1.807, 2.05) is 26.0 Å². The molecule has 1 N–H and O–H groups in total. The number of carbonyl (C=O) groups excluding carboxylic acids is 2. The zero-order valence-electron chi connectivity index (χ0n) is 20.5. The lowest BCUT2D eigenvalue weighted by molar-refractivity contribution is -0.132. The largest absolute Gasteiger partial charge is 0.507 e. The first kappa shape index (κ1) is 26.3. The number of anilines is 2. The second-order valence-electron chi connectivity index (χ2n) is 8.38. The van der Waals surface area contributed by atoms with Crippen LogP contribution in [-0.4, -0.2) is 37.0 Å². The minimum atomic E-state index is -1.19. The summed E-state index contributed by atoms with van der Waals surface area (Å²) in [5.41, 5.74) is 0.987. The molecular formula is C28H25BrF2N2O4. The van der Waals surface area contributed by atoms with Crippen molar-refractivity contribution in [1.29, 1.82) is 0 Å². The number of halogens is 3. The van der Waals surface area contributed by atoms with Crippen LogP contribution in [-0.2, 0) is 9.59 Å². The van der Waals surface area contributed by atoms with E-state index in [9.17, 15) is 23.5 Å². The highest BCUT2D eigenvalue weighted by molar-refractivity contribution is 9.10. The average molecular weight is 571 g/mol. The molecule has 0 radical (unpaired) electrons. The van der Waals surface area contributed by atoms with E-state index in [1.165, 1.54) is 13.2 Å². The van der Waals surface area contributed by atoms with Crippen molar-refractivity contribution in [2.24, 2.45) is 0 Å². The molecule has 0 aliphatic carbocycles. The summed E-state index contributed by atoms with van der Waals surface area (Å²) >= 11 is 3.36. The maximum absolute atomic E-state index is 14.9. The zero-order chi connectivity index (χ0) is 26.9.